The SMILES string of the molecule is O=C(Cc1ccccc1F)N1CCCC(c2ccc3cn[nH]c3n2)C1. The summed E-state index contributed by atoms with van der Waals surface area (Å²) < 4.78 is 13.8. The van der Waals surface area contributed by atoms with Gasteiger partial charge in [0.15, 0.2) is 5.65 Å². The van der Waals surface area contributed by atoms with E-state index < -0.39 is 0 Å². The topological polar surface area (TPSA) is 61.9 Å². The molecule has 1 aliphatic heterocycles. The number of hydrogen-bond donors (Lipinski definition) is 1. The van der Waals surface area contributed by atoms with E-state index in [0.29, 0.717) is 12.1 Å². The maximum absolute atomic E-state index is 13.8. The zero-order valence-corrected chi connectivity index (χ0v) is 13.8. The molecule has 0 saturated carbocycles. The number of piperidine rings is 1. The van der Waals surface area contributed by atoms with Crippen molar-refractivity contribution >= 4 is 16.9 Å². The fourth-order valence-corrected chi connectivity index (χ4v) is 3.43. The third-order valence-electron chi connectivity index (χ3n) is 4.81. The van der Waals surface area contributed by atoms with E-state index in [9.17, 15) is 9.18 Å². The molecule has 1 fully saturated rings. The van der Waals surface area contributed by atoms with Gasteiger partial charge in [0, 0.05) is 30.1 Å². The summed E-state index contributed by atoms with van der Waals surface area (Å²) in [6.07, 6.45) is 3.77. The zero-order chi connectivity index (χ0) is 17.2. The molecule has 1 N–H and O–H groups in total. The van der Waals surface area contributed by atoms with Crippen LogP contribution in [0.25, 0.3) is 11.0 Å². The molecule has 1 aliphatic rings. The Morgan fingerprint density at radius 2 is 2.16 bits per heavy atom. The van der Waals surface area contributed by atoms with E-state index in [4.69, 9.17) is 0 Å². The Bertz CT molecular complexity index is 907. The summed E-state index contributed by atoms with van der Waals surface area (Å²) in [5.74, 6) is -0.154. The van der Waals surface area contributed by atoms with Gasteiger partial charge >= 0.3 is 0 Å². The fourth-order valence-electron chi connectivity index (χ4n) is 3.43. The van der Waals surface area contributed by atoms with E-state index >= 15 is 0 Å². The van der Waals surface area contributed by atoms with Crippen molar-refractivity contribution in [1.29, 1.82) is 0 Å². The number of H-pyrrole nitrogens is 1. The molecule has 1 unspecified atom stereocenters. The Labute approximate surface area is 144 Å². The predicted octanol–water partition coefficient (Wildman–Crippen LogP) is 3.05. The predicted molar refractivity (Wildman–Crippen MR) is 92.5 cm³/mol. The maximum atomic E-state index is 13.8. The number of carbonyl (C=O) groups is 1. The van der Waals surface area contributed by atoms with Gasteiger partial charge in [-0.15, -0.1) is 0 Å². The lowest BCUT2D eigenvalue weighted by molar-refractivity contribution is -0.131. The molecule has 2 aromatic heterocycles. The highest BCUT2D eigenvalue weighted by atomic mass is 19.1. The Balaban J connectivity index is 1.48. The Morgan fingerprint density at radius 3 is 3.04 bits per heavy atom. The van der Waals surface area contributed by atoms with Crippen molar-refractivity contribution in [3.63, 3.8) is 0 Å². The van der Waals surface area contributed by atoms with Crippen molar-refractivity contribution in [3.05, 3.63) is 59.7 Å². The second-order valence-electron chi connectivity index (χ2n) is 6.49. The van der Waals surface area contributed by atoms with Gasteiger partial charge in [0.1, 0.15) is 5.82 Å². The molecule has 3 aromatic rings. The molecular weight excluding hydrogens is 319 g/mol. The maximum Gasteiger partial charge on any atom is 0.227 e. The summed E-state index contributed by atoms with van der Waals surface area (Å²) in [4.78, 5) is 19.1. The average Bonchev–Trinajstić information content (AvgIpc) is 3.11. The standard InChI is InChI=1S/C19H19FN4O/c20-16-6-2-1-4-13(16)10-18(25)24-9-3-5-15(12-24)17-8-7-14-11-21-23-19(14)22-17/h1-2,4,6-8,11,15H,3,5,9-10,12H2,(H,21,22,23). The second-order valence-corrected chi connectivity index (χ2v) is 6.49. The number of rotatable bonds is 3. The first-order valence-corrected chi connectivity index (χ1v) is 8.52. The lowest BCUT2D eigenvalue weighted by atomic mass is 9.93. The molecule has 128 valence electrons. The molecule has 25 heavy (non-hydrogen) atoms. The van der Waals surface area contributed by atoms with Crippen LogP contribution in [0.4, 0.5) is 4.39 Å². The molecule has 3 heterocycles. The number of carbonyl (C=O) groups excluding carboxylic acids is 1. The molecule has 0 aliphatic carbocycles. The van der Waals surface area contributed by atoms with Gasteiger partial charge in [0.2, 0.25) is 5.91 Å². The van der Waals surface area contributed by atoms with Crippen LogP contribution in [0, 0.1) is 5.82 Å². The molecule has 0 spiro atoms. The number of aromatic nitrogens is 3. The number of nitrogens with zero attached hydrogens (tertiary/aromatic N) is 3. The number of aromatic amines is 1. The first-order chi connectivity index (χ1) is 12.2. The van der Waals surface area contributed by atoms with Crippen molar-refractivity contribution in [3.8, 4) is 0 Å². The van der Waals surface area contributed by atoms with Crippen LogP contribution in [0.15, 0.2) is 42.6 Å². The number of likely N-dealkylation sites (tertiary alicyclic amines) is 1. The number of nitrogens with one attached hydrogen (secondary N) is 1. The Hall–Kier alpha value is -2.76. The Morgan fingerprint density at radius 1 is 1.28 bits per heavy atom. The van der Waals surface area contributed by atoms with Crippen molar-refractivity contribution in [2.75, 3.05) is 13.1 Å². The first-order valence-electron chi connectivity index (χ1n) is 8.52. The lowest BCUT2D eigenvalue weighted by Gasteiger charge is -2.32. The molecule has 6 heteroatoms. The van der Waals surface area contributed by atoms with Gasteiger partial charge in [0.25, 0.3) is 0 Å². The number of halogens is 1. The van der Waals surface area contributed by atoms with Crippen molar-refractivity contribution in [2.24, 2.45) is 0 Å². The largest absolute Gasteiger partial charge is 0.342 e. The van der Waals surface area contributed by atoms with Crippen LogP contribution in [-0.4, -0.2) is 39.1 Å². The summed E-state index contributed by atoms with van der Waals surface area (Å²) in [7, 11) is 0. The quantitative estimate of drug-likeness (QED) is 0.798. The molecule has 1 saturated heterocycles. The highest BCUT2D eigenvalue weighted by Gasteiger charge is 2.26. The molecule has 4 rings (SSSR count). The van der Waals surface area contributed by atoms with Gasteiger partial charge in [-0.25, -0.2) is 9.37 Å². The molecule has 1 aromatic carbocycles. The number of benzene rings is 1. The number of hydrogen-bond acceptors (Lipinski definition) is 3. The second kappa shape index (κ2) is 6.63. The highest BCUT2D eigenvalue weighted by Crippen LogP contribution is 2.27. The summed E-state index contributed by atoms with van der Waals surface area (Å²) >= 11 is 0. The average molecular weight is 338 g/mol. The lowest BCUT2D eigenvalue weighted by Crippen LogP contribution is -2.40. The number of pyridine rings is 1. The van der Waals surface area contributed by atoms with Gasteiger partial charge in [-0.2, -0.15) is 5.10 Å². The van der Waals surface area contributed by atoms with Crippen molar-refractivity contribution in [2.45, 2.75) is 25.2 Å². The highest BCUT2D eigenvalue weighted by molar-refractivity contribution is 5.79. The minimum Gasteiger partial charge on any atom is -0.342 e. The van der Waals surface area contributed by atoms with Crippen LogP contribution in [0.1, 0.15) is 30.0 Å². The van der Waals surface area contributed by atoms with E-state index in [1.807, 2.05) is 17.0 Å². The van der Waals surface area contributed by atoms with Crippen LogP contribution in [0.5, 0.6) is 0 Å². The van der Waals surface area contributed by atoms with Crippen LogP contribution in [-0.2, 0) is 11.2 Å². The van der Waals surface area contributed by atoms with Gasteiger partial charge in [-0.3, -0.25) is 9.89 Å². The first kappa shape index (κ1) is 15.7. The third-order valence-corrected chi connectivity index (χ3v) is 4.81. The fraction of sp³-hybridized carbons (Fsp3) is 0.316. The minimum atomic E-state index is -0.323. The number of fused-ring (bicyclic) bond motifs is 1. The summed E-state index contributed by atoms with van der Waals surface area (Å²) in [5.41, 5.74) is 2.19. The van der Waals surface area contributed by atoms with Gasteiger partial charge in [-0.05, 0) is 36.6 Å². The zero-order valence-electron chi connectivity index (χ0n) is 13.8. The van der Waals surface area contributed by atoms with E-state index in [1.165, 1.54) is 6.07 Å². The van der Waals surface area contributed by atoms with Crippen LogP contribution in [0.3, 0.4) is 0 Å². The molecular formula is C19H19FN4O. The van der Waals surface area contributed by atoms with Crippen molar-refractivity contribution in [1.82, 2.24) is 20.1 Å². The van der Waals surface area contributed by atoms with E-state index in [-0.39, 0.29) is 24.1 Å². The van der Waals surface area contributed by atoms with Crippen LogP contribution < -0.4 is 0 Å². The van der Waals surface area contributed by atoms with Gasteiger partial charge in [-0.1, -0.05) is 18.2 Å². The van der Waals surface area contributed by atoms with Crippen molar-refractivity contribution < 1.29 is 9.18 Å². The Kier molecular flexibility index (Phi) is 4.17. The smallest absolute Gasteiger partial charge is 0.227 e. The van der Waals surface area contributed by atoms with Crippen LogP contribution in [0.2, 0.25) is 0 Å². The van der Waals surface area contributed by atoms with E-state index in [2.05, 4.69) is 15.2 Å². The molecule has 5 nitrogen and oxygen atoms in total. The summed E-state index contributed by atoms with van der Waals surface area (Å²) in [5, 5.41) is 7.87. The molecule has 0 radical (unpaired) electrons. The minimum absolute atomic E-state index is 0.0302. The normalized spacial score (nSPS) is 17.8. The summed E-state index contributed by atoms with van der Waals surface area (Å²) in [6, 6.07) is 10.5. The van der Waals surface area contributed by atoms with Gasteiger partial charge < -0.3 is 4.90 Å². The molecule has 1 atom stereocenters. The van der Waals surface area contributed by atoms with E-state index in [0.717, 1.165) is 36.1 Å². The van der Waals surface area contributed by atoms with Gasteiger partial charge in [0.05, 0.1) is 12.6 Å². The third kappa shape index (κ3) is 3.24. The number of amides is 1. The summed E-state index contributed by atoms with van der Waals surface area (Å²) in [6.45, 7) is 1.34. The molecule has 0 bridgehead atoms. The molecule has 1 amide bonds. The van der Waals surface area contributed by atoms with Crippen LogP contribution >= 0.6 is 0 Å². The van der Waals surface area contributed by atoms with E-state index in [1.54, 1.807) is 24.4 Å². The monoisotopic (exact) mass is 338 g/mol.